The summed E-state index contributed by atoms with van der Waals surface area (Å²) in [5.74, 6) is -0.387. The molecule has 1 amide bonds. The molecular formula is C38H42N2O5. The second-order valence-corrected chi connectivity index (χ2v) is 12.4. The number of hydrogen-bond donors (Lipinski definition) is 2. The SMILES string of the molecule is CC(C)(C)CC(=O)N(CCCOc1ccc(C[C@H](Nc2ccccc2C(=O)c2ccccc2)C(=O)O)cc1)Cc1ccccc1. The summed E-state index contributed by atoms with van der Waals surface area (Å²) in [4.78, 5) is 40.3. The zero-order valence-electron chi connectivity index (χ0n) is 26.2. The third kappa shape index (κ3) is 10.3. The number of ether oxygens (including phenoxy) is 1. The minimum atomic E-state index is -1.02. The number of para-hydroxylation sites is 1. The van der Waals surface area contributed by atoms with Crippen LogP contribution >= 0.6 is 0 Å². The minimum absolute atomic E-state index is 0.0948. The van der Waals surface area contributed by atoms with Crippen molar-refractivity contribution in [3.05, 3.63) is 131 Å². The fourth-order valence-electron chi connectivity index (χ4n) is 5.00. The minimum Gasteiger partial charge on any atom is -0.494 e. The molecule has 7 nitrogen and oxygen atoms in total. The number of carbonyl (C=O) groups excluding carboxylic acids is 2. The van der Waals surface area contributed by atoms with Crippen molar-refractivity contribution in [1.29, 1.82) is 0 Å². The van der Waals surface area contributed by atoms with Crippen molar-refractivity contribution in [2.45, 2.75) is 52.6 Å². The molecule has 1 atom stereocenters. The zero-order chi connectivity index (χ0) is 32.2. The average molecular weight is 607 g/mol. The van der Waals surface area contributed by atoms with Gasteiger partial charge in [0.05, 0.1) is 6.61 Å². The van der Waals surface area contributed by atoms with Crippen LogP contribution in [0.25, 0.3) is 0 Å². The van der Waals surface area contributed by atoms with Crippen LogP contribution in [0.3, 0.4) is 0 Å². The van der Waals surface area contributed by atoms with E-state index < -0.39 is 12.0 Å². The summed E-state index contributed by atoms with van der Waals surface area (Å²) >= 11 is 0. The first-order valence-electron chi connectivity index (χ1n) is 15.3. The largest absolute Gasteiger partial charge is 0.494 e. The van der Waals surface area contributed by atoms with Gasteiger partial charge in [-0.1, -0.05) is 106 Å². The molecular weight excluding hydrogens is 564 g/mol. The van der Waals surface area contributed by atoms with E-state index in [0.29, 0.717) is 55.1 Å². The number of benzene rings is 4. The van der Waals surface area contributed by atoms with Crippen LogP contribution in [0.2, 0.25) is 0 Å². The Morgan fingerprint density at radius 1 is 0.800 bits per heavy atom. The molecule has 0 spiro atoms. The fraction of sp³-hybridized carbons (Fsp3) is 0.289. The maximum absolute atomic E-state index is 13.1. The van der Waals surface area contributed by atoms with E-state index in [4.69, 9.17) is 4.74 Å². The summed E-state index contributed by atoms with van der Waals surface area (Å²) in [5.41, 5.74) is 3.24. The highest BCUT2D eigenvalue weighted by molar-refractivity contribution is 6.12. The van der Waals surface area contributed by atoms with Gasteiger partial charge in [-0.2, -0.15) is 0 Å². The molecule has 0 aromatic heterocycles. The van der Waals surface area contributed by atoms with Gasteiger partial charge in [0, 0.05) is 42.7 Å². The molecule has 4 aromatic carbocycles. The van der Waals surface area contributed by atoms with E-state index in [2.05, 4.69) is 26.1 Å². The van der Waals surface area contributed by atoms with Gasteiger partial charge in [0.15, 0.2) is 5.78 Å². The number of carboxylic acids is 1. The Bertz CT molecular complexity index is 1550. The van der Waals surface area contributed by atoms with Gasteiger partial charge in [-0.05, 0) is 47.2 Å². The molecule has 0 aliphatic carbocycles. The van der Waals surface area contributed by atoms with E-state index in [1.54, 1.807) is 48.5 Å². The first kappa shape index (κ1) is 33.0. The molecule has 0 aliphatic heterocycles. The number of rotatable bonds is 15. The number of aliphatic carboxylic acids is 1. The molecule has 2 N–H and O–H groups in total. The van der Waals surface area contributed by atoms with Crippen LogP contribution in [-0.4, -0.2) is 46.9 Å². The Hall–Kier alpha value is -4.91. The van der Waals surface area contributed by atoms with Gasteiger partial charge in [-0.15, -0.1) is 0 Å². The molecule has 0 unspecified atom stereocenters. The highest BCUT2D eigenvalue weighted by Crippen LogP contribution is 2.23. The monoisotopic (exact) mass is 606 g/mol. The molecule has 0 fully saturated rings. The van der Waals surface area contributed by atoms with Crippen LogP contribution in [0.1, 0.15) is 60.7 Å². The lowest BCUT2D eigenvalue weighted by Crippen LogP contribution is -2.34. The lowest BCUT2D eigenvalue weighted by atomic mass is 9.91. The Kier molecular flexibility index (Phi) is 11.5. The van der Waals surface area contributed by atoms with Crippen molar-refractivity contribution in [3.8, 4) is 5.75 Å². The number of amides is 1. The number of hydrogen-bond acceptors (Lipinski definition) is 5. The smallest absolute Gasteiger partial charge is 0.326 e. The highest BCUT2D eigenvalue weighted by Gasteiger charge is 2.23. The Balaban J connectivity index is 1.33. The Morgan fingerprint density at radius 3 is 2.07 bits per heavy atom. The van der Waals surface area contributed by atoms with Crippen LogP contribution in [0, 0.1) is 5.41 Å². The Morgan fingerprint density at radius 2 is 1.42 bits per heavy atom. The molecule has 0 saturated heterocycles. The van der Waals surface area contributed by atoms with Crippen molar-refractivity contribution in [2.75, 3.05) is 18.5 Å². The van der Waals surface area contributed by atoms with E-state index in [9.17, 15) is 19.5 Å². The summed E-state index contributed by atoms with van der Waals surface area (Å²) in [6.45, 7) is 7.80. The second-order valence-electron chi connectivity index (χ2n) is 12.4. The molecule has 0 saturated carbocycles. The van der Waals surface area contributed by atoms with Gasteiger partial charge in [0.1, 0.15) is 11.8 Å². The summed E-state index contributed by atoms with van der Waals surface area (Å²) in [6, 6.07) is 32.3. The number of nitrogens with zero attached hydrogens (tertiary/aromatic N) is 1. The fourth-order valence-corrected chi connectivity index (χ4v) is 5.00. The normalized spacial score (nSPS) is 11.8. The van der Waals surface area contributed by atoms with Crippen molar-refractivity contribution < 1.29 is 24.2 Å². The van der Waals surface area contributed by atoms with Gasteiger partial charge >= 0.3 is 5.97 Å². The maximum Gasteiger partial charge on any atom is 0.326 e. The zero-order valence-corrected chi connectivity index (χ0v) is 26.2. The number of nitrogens with one attached hydrogen (secondary N) is 1. The predicted octanol–water partition coefficient (Wildman–Crippen LogP) is 7.26. The van der Waals surface area contributed by atoms with Gasteiger partial charge in [-0.25, -0.2) is 4.79 Å². The van der Waals surface area contributed by atoms with E-state index in [1.807, 2.05) is 65.6 Å². The second kappa shape index (κ2) is 15.7. The topological polar surface area (TPSA) is 95.9 Å². The predicted molar refractivity (Wildman–Crippen MR) is 178 cm³/mol. The molecule has 45 heavy (non-hydrogen) atoms. The average Bonchev–Trinajstić information content (AvgIpc) is 3.03. The maximum atomic E-state index is 13.1. The van der Waals surface area contributed by atoms with Gasteiger partial charge in [0.2, 0.25) is 5.91 Å². The van der Waals surface area contributed by atoms with Gasteiger partial charge in [0.25, 0.3) is 0 Å². The molecule has 4 rings (SSSR count). The van der Waals surface area contributed by atoms with Crippen LogP contribution in [0.15, 0.2) is 109 Å². The van der Waals surface area contributed by atoms with Crippen molar-refractivity contribution in [1.82, 2.24) is 4.90 Å². The van der Waals surface area contributed by atoms with E-state index in [-0.39, 0.29) is 23.5 Å². The first-order valence-corrected chi connectivity index (χ1v) is 15.3. The van der Waals surface area contributed by atoms with E-state index in [0.717, 1.165) is 11.1 Å². The van der Waals surface area contributed by atoms with Gasteiger partial charge in [-0.3, -0.25) is 9.59 Å². The molecule has 7 heteroatoms. The summed E-state index contributed by atoms with van der Waals surface area (Å²) in [5, 5.41) is 13.0. The molecule has 0 heterocycles. The van der Waals surface area contributed by atoms with Crippen molar-refractivity contribution in [2.24, 2.45) is 5.41 Å². The van der Waals surface area contributed by atoms with Crippen LogP contribution in [-0.2, 0) is 22.6 Å². The summed E-state index contributed by atoms with van der Waals surface area (Å²) in [6.07, 6.45) is 1.37. The van der Waals surface area contributed by atoms with Crippen LogP contribution < -0.4 is 10.1 Å². The standard InChI is InChI=1S/C38H42N2O5/c1-38(2,3)26-35(41)40(27-29-13-6-4-7-14-29)23-12-24-45-31-21-19-28(20-22-31)25-34(37(43)44)39-33-18-11-10-17-32(33)36(42)30-15-8-5-9-16-30/h4-11,13-22,34,39H,12,23-27H2,1-3H3,(H,43,44)/t34-/m0/s1. The number of carbonyl (C=O) groups is 3. The molecule has 234 valence electrons. The quantitative estimate of drug-likeness (QED) is 0.109. The van der Waals surface area contributed by atoms with E-state index >= 15 is 0 Å². The first-order chi connectivity index (χ1) is 21.6. The third-order valence-corrected chi connectivity index (χ3v) is 7.29. The Labute approximate surface area is 265 Å². The lowest BCUT2D eigenvalue weighted by molar-refractivity contribution is -0.138. The highest BCUT2D eigenvalue weighted by atomic mass is 16.5. The van der Waals surface area contributed by atoms with Crippen LogP contribution in [0.4, 0.5) is 5.69 Å². The summed E-state index contributed by atoms with van der Waals surface area (Å²) < 4.78 is 5.97. The number of carboxylic acid groups (broad SMARTS) is 1. The lowest BCUT2D eigenvalue weighted by Gasteiger charge is -2.27. The molecule has 0 bridgehead atoms. The molecule has 0 radical (unpaired) electrons. The van der Waals surface area contributed by atoms with Crippen molar-refractivity contribution >= 4 is 23.3 Å². The summed E-state index contributed by atoms with van der Waals surface area (Å²) in [7, 11) is 0. The number of anilines is 1. The molecule has 0 aliphatic rings. The van der Waals surface area contributed by atoms with Crippen molar-refractivity contribution in [3.63, 3.8) is 0 Å². The van der Waals surface area contributed by atoms with Gasteiger partial charge < -0.3 is 20.1 Å². The third-order valence-electron chi connectivity index (χ3n) is 7.29. The molecule has 4 aromatic rings. The number of ketones is 1. The van der Waals surface area contributed by atoms with E-state index in [1.165, 1.54) is 0 Å². The van der Waals surface area contributed by atoms with Crippen LogP contribution in [0.5, 0.6) is 5.75 Å².